The van der Waals surface area contributed by atoms with Gasteiger partial charge in [0.15, 0.2) is 0 Å². The van der Waals surface area contributed by atoms with E-state index >= 15 is 0 Å². The van der Waals surface area contributed by atoms with Gasteiger partial charge in [-0.2, -0.15) is 0 Å². The normalized spacial score (nSPS) is 15.2. The molecule has 2 rings (SSSR count). The summed E-state index contributed by atoms with van der Waals surface area (Å²) in [6.07, 6.45) is 1.13. The van der Waals surface area contributed by atoms with Crippen molar-refractivity contribution in [2.45, 2.75) is 32.2 Å². The van der Waals surface area contributed by atoms with E-state index in [2.05, 4.69) is 37.4 Å². The molecule has 1 N–H and O–H groups in total. The Morgan fingerprint density at radius 2 is 2.12 bits per heavy atom. The molecule has 0 saturated heterocycles. The molecule has 0 aliphatic carbocycles. The first-order valence-electron chi connectivity index (χ1n) is 5.79. The van der Waals surface area contributed by atoms with Gasteiger partial charge in [-0.3, -0.25) is 0 Å². The van der Waals surface area contributed by atoms with Crippen molar-refractivity contribution in [2.24, 2.45) is 0 Å². The Morgan fingerprint density at radius 1 is 1.38 bits per heavy atom. The van der Waals surface area contributed by atoms with Crippen LogP contribution < -0.4 is 5.32 Å². The number of nitrogens with zero attached hydrogens (tertiary/aromatic N) is 1. The van der Waals surface area contributed by atoms with Crippen molar-refractivity contribution in [2.75, 3.05) is 7.05 Å². The van der Waals surface area contributed by atoms with E-state index in [1.807, 2.05) is 24.5 Å². The lowest BCUT2D eigenvalue weighted by Crippen LogP contribution is -2.29. The molecule has 0 fully saturated rings. The highest BCUT2D eigenvalue weighted by molar-refractivity contribution is 7.18. The predicted octanol–water partition coefficient (Wildman–Crippen LogP) is 3.40. The van der Waals surface area contributed by atoms with Crippen LogP contribution >= 0.6 is 11.3 Å². The first kappa shape index (κ1) is 11.6. The Bertz CT molecular complexity index is 427. The highest BCUT2D eigenvalue weighted by Gasteiger charge is 2.18. The van der Waals surface area contributed by atoms with Gasteiger partial charge in [0.1, 0.15) is 0 Å². The summed E-state index contributed by atoms with van der Waals surface area (Å²) in [5, 5.41) is 4.60. The van der Waals surface area contributed by atoms with E-state index in [-0.39, 0.29) is 0 Å². The van der Waals surface area contributed by atoms with Crippen LogP contribution in [0.1, 0.15) is 31.2 Å². The maximum Gasteiger partial charge on any atom is 0.0982 e. The van der Waals surface area contributed by atoms with E-state index in [0.29, 0.717) is 12.0 Å². The Hall–Kier alpha value is -0.930. The topological polar surface area (TPSA) is 24.9 Å². The van der Waals surface area contributed by atoms with Crippen molar-refractivity contribution < 1.29 is 0 Å². The maximum absolute atomic E-state index is 4.71. The highest BCUT2D eigenvalue weighted by atomic mass is 32.1. The lowest BCUT2D eigenvalue weighted by atomic mass is 10.0. The minimum Gasteiger partial charge on any atom is -0.316 e. The maximum atomic E-state index is 4.71. The fraction of sp³-hybridized carbons (Fsp3) is 0.462. The molecule has 0 amide bonds. The fourth-order valence-electron chi connectivity index (χ4n) is 2.06. The van der Waals surface area contributed by atoms with Crippen LogP contribution in [0.5, 0.6) is 0 Å². The van der Waals surface area contributed by atoms with Gasteiger partial charge in [0.2, 0.25) is 0 Å². The van der Waals surface area contributed by atoms with Crippen LogP contribution in [-0.4, -0.2) is 18.1 Å². The van der Waals surface area contributed by atoms with Crippen molar-refractivity contribution in [3.63, 3.8) is 0 Å². The Kier molecular flexibility index (Phi) is 3.56. The molecule has 0 bridgehead atoms. The number of hydrogen-bond acceptors (Lipinski definition) is 3. The number of nitrogens with one attached hydrogen (secondary N) is 1. The standard InChI is InChI=1S/C13H18N2S/c1-4-10(14-3)9(2)13-15-11-7-5-6-8-12(11)16-13/h5-10,14H,4H2,1-3H3. The molecular formula is C13H18N2S. The van der Waals surface area contributed by atoms with Crippen molar-refractivity contribution >= 4 is 21.6 Å². The van der Waals surface area contributed by atoms with E-state index in [9.17, 15) is 0 Å². The SMILES string of the molecule is CCC(NC)C(C)c1nc2ccccc2s1. The summed E-state index contributed by atoms with van der Waals surface area (Å²) in [7, 11) is 2.03. The van der Waals surface area contributed by atoms with Crippen LogP contribution in [0.25, 0.3) is 10.2 Å². The molecule has 2 nitrogen and oxygen atoms in total. The predicted molar refractivity (Wildman–Crippen MR) is 71.2 cm³/mol. The number of para-hydroxylation sites is 1. The molecule has 16 heavy (non-hydrogen) atoms. The van der Waals surface area contributed by atoms with Crippen LogP contribution in [0.15, 0.2) is 24.3 Å². The molecule has 0 spiro atoms. The molecule has 86 valence electrons. The lowest BCUT2D eigenvalue weighted by Gasteiger charge is -2.19. The van der Waals surface area contributed by atoms with Gasteiger partial charge in [-0.1, -0.05) is 26.0 Å². The number of thiazole rings is 1. The summed E-state index contributed by atoms with van der Waals surface area (Å²) in [6.45, 7) is 4.47. The molecule has 0 aliphatic rings. The molecule has 2 unspecified atom stereocenters. The smallest absolute Gasteiger partial charge is 0.0982 e. The molecular weight excluding hydrogens is 216 g/mol. The van der Waals surface area contributed by atoms with Crippen LogP contribution in [-0.2, 0) is 0 Å². The van der Waals surface area contributed by atoms with Gasteiger partial charge in [-0.05, 0) is 25.6 Å². The first-order chi connectivity index (χ1) is 7.76. The number of rotatable bonds is 4. The van der Waals surface area contributed by atoms with Crippen molar-refractivity contribution in [1.29, 1.82) is 0 Å². The minimum atomic E-state index is 0.479. The van der Waals surface area contributed by atoms with Crippen LogP contribution in [0.4, 0.5) is 0 Å². The van der Waals surface area contributed by atoms with Gasteiger partial charge in [0.05, 0.1) is 15.2 Å². The Morgan fingerprint density at radius 3 is 2.75 bits per heavy atom. The van der Waals surface area contributed by atoms with Gasteiger partial charge >= 0.3 is 0 Å². The number of aromatic nitrogens is 1. The van der Waals surface area contributed by atoms with Gasteiger partial charge in [-0.15, -0.1) is 11.3 Å². The first-order valence-corrected chi connectivity index (χ1v) is 6.60. The van der Waals surface area contributed by atoms with Crippen molar-refractivity contribution in [3.05, 3.63) is 29.3 Å². The average molecular weight is 234 g/mol. The van der Waals surface area contributed by atoms with Gasteiger partial charge in [-0.25, -0.2) is 4.98 Å². The van der Waals surface area contributed by atoms with Gasteiger partial charge in [0, 0.05) is 12.0 Å². The zero-order valence-corrected chi connectivity index (χ0v) is 10.8. The second-order valence-corrected chi connectivity index (χ2v) is 5.17. The second kappa shape index (κ2) is 4.93. The molecule has 2 aromatic rings. The summed E-state index contributed by atoms with van der Waals surface area (Å²) in [6, 6.07) is 8.86. The van der Waals surface area contributed by atoms with E-state index in [4.69, 9.17) is 4.98 Å². The van der Waals surface area contributed by atoms with Crippen molar-refractivity contribution in [3.8, 4) is 0 Å². The van der Waals surface area contributed by atoms with E-state index in [1.54, 1.807) is 0 Å². The number of hydrogen-bond donors (Lipinski definition) is 1. The average Bonchev–Trinajstić information content (AvgIpc) is 2.74. The fourth-order valence-corrected chi connectivity index (χ4v) is 3.15. The largest absolute Gasteiger partial charge is 0.316 e. The summed E-state index contributed by atoms with van der Waals surface area (Å²) < 4.78 is 1.29. The molecule has 0 aliphatic heterocycles. The summed E-state index contributed by atoms with van der Waals surface area (Å²) >= 11 is 1.81. The van der Waals surface area contributed by atoms with E-state index < -0.39 is 0 Å². The number of fused-ring (bicyclic) bond motifs is 1. The Labute approximate surface area is 101 Å². The molecule has 1 heterocycles. The van der Waals surface area contributed by atoms with Crippen LogP contribution in [0.2, 0.25) is 0 Å². The molecule has 1 aromatic heterocycles. The van der Waals surface area contributed by atoms with E-state index in [0.717, 1.165) is 11.9 Å². The third kappa shape index (κ3) is 2.11. The number of benzene rings is 1. The molecule has 1 aromatic carbocycles. The zero-order valence-electron chi connectivity index (χ0n) is 10.0. The molecule has 3 heteroatoms. The van der Waals surface area contributed by atoms with Crippen LogP contribution in [0, 0.1) is 0 Å². The summed E-state index contributed by atoms with van der Waals surface area (Å²) in [4.78, 5) is 4.71. The highest BCUT2D eigenvalue weighted by Crippen LogP contribution is 2.29. The van der Waals surface area contributed by atoms with E-state index in [1.165, 1.54) is 9.71 Å². The third-order valence-electron chi connectivity index (χ3n) is 3.11. The number of likely N-dealkylation sites (N-methyl/N-ethyl adjacent to an activating group) is 1. The minimum absolute atomic E-state index is 0.479. The van der Waals surface area contributed by atoms with Crippen LogP contribution in [0.3, 0.4) is 0 Å². The summed E-state index contributed by atoms with van der Waals surface area (Å²) in [5.74, 6) is 0.479. The lowest BCUT2D eigenvalue weighted by molar-refractivity contribution is 0.472. The third-order valence-corrected chi connectivity index (χ3v) is 4.35. The molecule has 0 saturated carbocycles. The summed E-state index contributed by atoms with van der Waals surface area (Å²) in [5.41, 5.74) is 1.13. The zero-order chi connectivity index (χ0) is 11.5. The molecule has 2 atom stereocenters. The second-order valence-electron chi connectivity index (χ2n) is 4.11. The Balaban J connectivity index is 2.32. The van der Waals surface area contributed by atoms with Crippen molar-refractivity contribution in [1.82, 2.24) is 10.3 Å². The van der Waals surface area contributed by atoms with Gasteiger partial charge < -0.3 is 5.32 Å². The molecule has 0 radical (unpaired) electrons. The monoisotopic (exact) mass is 234 g/mol. The quantitative estimate of drug-likeness (QED) is 0.877. The van der Waals surface area contributed by atoms with Gasteiger partial charge in [0.25, 0.3) is 0 Å².